The van der Waals surface area contributed by atoms with Crippen LogP contribution in [0.2, 0.25) is 0 Å². The number of anilines is 1. The van der Waals surface area contributed by atoms with Crippen LogP contribution in [0.3, 0.4) is 0 Å². The molecule has 0 bridgehead atoms. The Bertz CT molecular complexity index is 455. The van der Waals surface area contributed by atoms with Crippen molar-refractivity contribution >= 4 is 17.7 Å². The van der Waals surface area contributed by atoms with E-state index in [1.54, 1.807) is 0 Å². The van der Waals surface area contributed by atoms with Crippen LogP contribution in [0.5, 0.6) is 0 Å². The standard InChI is InChI=1S/C13H15NO5/c1-2-9-19-13(18)14(7-8-15)11-5-3-10(4-6-11)12(16)17/h2-6,15H,1,7-9H2,(H,16,17). The fourth-order valence-corrected chi connectivity index (χ4v) is 1.42. The minimum absolute atomic E-state index is 0.0579. The number of carboxylic acid groups (broad SMARTS) is 1. The molecule has 0 unspecified atom stereocenters. The Balaban J connectivity index is 2.88. The summed E-state index contributed by atoms with van der Waals surface area (Å²) in [5.41, 5.74) is 0.570. The van der Waals surface area contributed by atoms with E-state index in [-0.39, 0.29) is 25.3 Å². The molecule has 1 amide bonds. The predicted octanol–water partition coefficient (Wildman–Crippen LogP) is 1.51. The van der Waals surface area contributed by atoms with Gasteiger partial charge < -0.3 is 14.9 Å². The van der Waals surface area contributed by atoms with Gasteiger partial charge in [-0.15, -0.1) is 0 Å². The Morgan fingerprint density at radius 1 is 1.32 bits per heavy atom. The molecule has 6 heteroatoms. The van der Waals surface area contributed by atoms with Gasteiger partial charge in [-0.25, -0.2) is 9.59 Å². The molecule has 0 aliphatic rings. The van der Waals surface area contributed by atoms with Crippen LogP contribution in [0.15, 0.2) is 36.9 Å². The fraction of sp³-hybridized carbons (Fsp3) is 0.231. The predicted molar refractivity (Wildman–Crippen MR) is 69.4 cm³/mol. The molecule has 6 nitrogen and oxygen atoms in total. The summed E-state index contributed by atoms with van der Waals surface area (Å²) < 4.78 is 4.88. The van der Waals surface area contributed by atoms with Gasteiger partial charge >= 0.3 is 12.1 Å². The summed E-state index contributed by atoms with van der Waals surface area (Å²) in [5.74, 6) is -1.05. The van der Waals surface area contributed by atoms with E-state index in [4.69, 9.17) is 14.9 Å². The minimum Gasteiger partial charge on any atom is -0.478 e. The first kappa shape index (κ1) is 14.7. The van der Waals surface area contributed by atoms with Gasteiger partial charge in [-0.1, -0.05) is 12.7 Å². The maximum atomic E-state index is 11.7. The van der Waals surface area contributed by atoms with Crippen LogP contribution in [-0.2, 0) is 4.74 Å². The summed E-state index contributed by atoms with van der Waals surface area (Å²) >= 11 is 0. The van der Waals surface area contributed by atoms with Gasteiger partial charge in [0, 0.05) is 5.69 Å². The molecular weight excluding hydrogens is 250 g/mol. The molecule has 19 heavy (non-hydrogen) atoms. The van der Waals surface area contributed by atoms with Gasteiger partial charge in [0.15, 0.2) is 0 Å². The highest BCUT2D eigenvalue weighted by Crippen LogP contribution is 2.16. The summed E-state index contributed by atoms with van der Waals surface area (Å²) in [6.07, 6.45) is 0.805. The number of rotatable bonds is 6. The van der Waals surface area contributed by atoms with Crippen LogP contribution in [0.1, 0.15) is 10.4 Å². The van der Waals surface area contributed by atoms with Crippen molar-refractivity contribution in [2.45, 2.75) is 0 Å². The topological polar surface area (TPSA) is 87.1 Å². The van der Waals surface area contributed by atoms with Gasteiger partial charge in [0.2, 0.25) is 0 Å². The molecule has 2 N–H and O–H groups in total. The van der Waals surface area contributed by atoms with E-state index in [9.17, 15) is 9.59 Å². The highest BCUT2D eigenvalue weighted by Gasteiger charge is 2.16. The number of carboxylic acids is 1. The SMILES string of the molecule is C=CCOC(=O)N(CCO)c1ccc(C(=O)O)cc1. The maximum absolute atomic E-state index is 11.7. The molecule has 1 aromatic carbocycles. The summed E-state index contributed by atoms with van der Waals surface area (Å²) in [4.78, 5) is 23.7. The second kappa shape index (κ2) is 7.17. The quantitative estimate of drug-likeness (QED) is 0.761. The largest absolute Gasteiger partial charge is 0.478 e. The van der Waals surface area contributed by atoms with E-state index in [1.807, 2.05) is 0 Å². The third-order valence-electron chi connectivity index (χ3n) is 2.29. The molecule has 0 aliphatic heterocycles. The molecule has 0 spiro atoms. The van der Waals surface area contributed by atoms with Crippen molar-refractivity contribution in [1.29, 1.82) is 0 Å². The smallest absolute Gasteiger partial charge is 0.414 e. The first-order valence-electron chi connectivity index (χ1n) is 5.59. The fourth-order valence-electron chi connectivity index (χ4n) is 1.42. The average molecular weight is 265 g/mol. The van der Waals surface area contributed by atoms with Crippen LogP contribution in [-0.4, -0.2) is 42.0 Å². The molecule has 1 aromatic rings. The lowest BCUT2D eigenvalue weighted by Gasteiger charge is -2.21. The molecule has 0 aliphatic carbocycles. The Kier molecular flexibility index (Phi) is 5.56. The monoisotopic (exact) mass is 265 g/mol. The van der Waals surface area contributed by atoms with E-state index >= 15 is 0 Å². The molecular formula is C13H15NO5. The highest BCUT2D eigenvalue weighted by atomic mass is 16.6. The Hall–Kier alpha value is -2.34. The lowest BCUT2D eigenvalue weighted by Crippen LogP contribution is -2.34. The van der Waals surface area contributed by atoms with Crippen molar-refractivity contribution in [2.75, 3.05) is 24.7 Å². The second-order valence-electron chi connectivity index (χ2n) is 3.59. The van der Waals surface area contributed by atoms with Gasteiger partial charge in [-0.3, -0.25) is 4.90 Å². The molecule has 1 rings (SSSR count). The number of carbonyl (C=O) groups excluding carboxylic acids is 1. The molecule has 0 heterocycles. The lowest BCUT2D eigenvalue weighted by molar-refractivity contribution is 0.0697. The minimum atomic E-state index is -1.05. The summed E-state index contributed by atoms with van der Waals surface area (Å²) in [6.45, 7) is 3.32. The number of hydrogen-bond donors (Lipinski definition) is 2. The third-order valence-corrected chi connectivity index (χ3v) is 2.29. The number of aliphatic hydroxyl groups is 1. The summed E-state index contributed by atoms with van der Waals surface area (Å²) in [7, 11) is 0. The van der Waals surface area contributed by atoms with Gasteiger partial charge in [-0.2, -0.15) is 0 Å². The molecule has 0 atom stereocenters. The van der Waals surface area contributed by atoms with Crippen LogP contribution < -0.4 is 4.90 Å². The lowest BCUT2D eigenvalue weighted by atomic mass is 10.2. The summed E-state index contributed by atoms with van der Waals surface area (Å²) in [5, 5.41) is 17.7. The zero-order chi connectivity index (χ0) is 14.3. The number of carbonyl (C=O) groups is 2. The van der Waals surface area contributed by atoms with Crippen molar-refractivity contribution in [2.24, 2.45) is 0 Å². The van der Waals surface area contributed by atoms with Crippen LogP contribution in [0.4, 0.5) is 10.5 Å². The number of nitrogens with zero attached hydrogens (tertiary/aromatic N) is 1. The van der Waals surface area contributed by atoms with Crippen molar-refractivity contribution in [3.63, 3.8) is 0 Å². The molecule has 0 saturated heterocycles. The Labute approximate surface area is 110 Å². The van der Waals surface area contributed by atoms with Gasteiger partial charge in [0.1, 0.15) is 6.61 Å². The first-order valence-corrected chi connectivity index (χ1v) is 5.59. The van der Waals surface area contributed by atoms with E-state index < -0.39 is 12.1 Å². The number of amides is 1. The van der Waals surface area contributed by atoms with Crippen molar-refractivity contribution in [3.8, 4) is 0 Å². The number of benzene rings is 1. The number of aromatic carboxylic acids is 1. The van der Waals surface area contributed by atoms with Crippen LogP contribution in [0.25, 0.3) is 0 Å². The second-order valence-corrected chi connectivity index (χ2v) is 3.59. The van der Waals surface area contributed by atoms with Gasteiger partial charge in [-0.05, 0) is 24.3 Å². The first-order chi connectivity index (χ1) is 9.10. The van der Waals surface area contributed by atoms with E-state index in [1.165, 1.54) is 35.2 Å². The maximum Gasteiger partial charge on any atom is 0.414 e. The third kappa shape index (κ3) is 4.11. The average Bonchev–Trinajstić information content (AvgIpc) is 2.42. The van der Waals surface area contributed by atoms with E-state index in [0.29, 0.717) is 5.69 Å². The van der Waals surface area contributed by atoms with Crippen LogP contribution in [0, 0.1) is 0 Å². The van der Waals surface area contributed by atoms with Crippen molar-refractivity contribution < 1.29 is 24.5 Å². The molecule has 0 fully saturated rings. The Morgan fingerprint density at radius 2 is 1.95 bits per heavy atom. The molecule has 0 aromatic heterocycles. The molecule has 102 valence electrons. The molecule has 0 saturated carbocycles. The normalized spacial score (nSPS) is 9.74. The van der Waals surface area contributed by atoms with Crippen molar-refractivity contribution in [3.05, 3.63) is 42.5 Å². The number of ether oxygens (including phenoxy) is 1. The van der Waals surface area contributed by atoms with Crippen LogP contribution >= 0.6 is 0 Å². The highest BCUT2D eigenvalue weighted by molar-refractivity contribution is 5.90. The Morgan fingerprint density at radius 3 is 2.42 bits per heavy atom. The number of hydrogen-bond acceptors (Lipinski definition) is 4. The van der Waals surface area contributed by atoms with Gasteiger partial charge in [0.05, 0.1) is 18.7 Å². The zero-order valence-electron chi connectivity index (χ0n) is 10.3. The zero-order valence-corrected chi connectivity index (χ0v) is 10.3. The van der Waals surface area contributed by atoms with E-state index in [2.05, 4.69) is 6.58 Å². The van der Waals surface area contributed by atoms with Gasteiger partial charge in [0.25, 0.3) is 0 Å². The molecule has 0 radical (unpaired) electrons. The van der Waals surface area contributed by atoms with E-state index in [0.717, 1.165) is 0 Å². The summed E-state index contributed by atoms with van der Waals surface area (Å²) in [6, 6.07) is 5.72. The number of aliphatic hydroxyl groups excluding tert-OH is 1. The van der Waals surface area contributed by atoms with Crippen molar-refractivity contribution in [1.82, 2.24) is 0 Å².